The molecule has 2 N–H and O–H groups in total. The Morgan fingerprint density at radius 3 is 2.47 bits per heavy atom. The Kier molecular flexibility index (Phi) is 4.40. The van der Waals surface area contributed by atoms with E-state index in [1.54, 1.807) is 7.05 Å². The van der Waals surface area contributed by atoms with E-state index in [1.807, 2.05) is 0 Å². The Morgan fingerprint density at radius 1 is 1.24 bits per heavy atom. The monoisotopic (exact) mass is 239 g/mol. The highest BCUT2D eigenvalue weighted by Gasteiger charge is 2.29. The van der Waals surface area contributed by atoms with Crippen LogP contribution in [0.25, 0.3) is 0 Å². The molecule has 0 aromatic rings. The van der Waals surface area contributed by atoms with Crippen molar-refractivity contribution in [2.75, 3.05) is 26.7 Å². The molecule has 0 spiro atoms. The van der Waals surface area contributed by atoms with E-state index in [0.29, 0.717) is 12.1 Å². The maximum atomic E-state index is 11.6. The van der Waals surface area contributed by atoms with Crippen LogP contribution >= 0.6 is 0 Å². The predicted molar refractivity (Wildman–Crippen MR) is 68.9 cm³/mol. The molecule has 2 heterocycles. The van der Waals surface area contributed by atoms with Gasteiger partial charge in [0.05, 0.1) is 0 Å². The lowest BCUT2D eigenvalue weighted by atomic mass is 9.92. The Hall–Kier alpha value is -0.610. The summed E-state index contributed by atoms with van der Waals surface area (Å²) in [5.41, 5.74) is 0. The fraction of sp³-hybridized carbons (Fsp3) is 0.923. The average molecular weight is 239 g/mol. The van der Waals surface area contributed by atoms with Gasteiger partial charge < -0.3 is 10.6 Å². The van der Waals surface area contributed by atoms with Gasteiger partial charge in [0.15, 0.2) is 0 Å². The largest absolute Gasteiger partial charge is 0.359 e. The van der Waals surface area contributed by atoms with Crippen LogP contribution in [0.2, 0.25) is 0 Å². The molecular formula is C13H25N3O. The van der Waals surface area contributed by atoms with Gasteiger partial charge in [-0.15, -0.1) is 0 Å². The second-order valence-corrected chi connectivity index (χ2v) is 5.46. The van der Waals surface area contributed by atoms with Gasteiger partial charge in [-0.2, -0.15) is 0 Å². The Morgan fingerprint density at radius 2 is 1.94 bits per heavy atom. The Bertz CT molecular complexity index is 253. The highest BCUT2D eigenvalue weighted by atomic mass is 16.1. The first kappa shape index (κ1) is 12.8. The van der Waals surface area contributed by atoms with Gasteiger partial charge in [-0.3, -0.25) is 9.69 Å². The zero-order valence-corrected chi connectivity index (χ0v) is 11.0. The van der Waals surface area contributed by atoms with Crippen molar-refractivity contribution in [3.05, 3.63) is 0 Å². The summed E-state index contributed by atoms with van der Waals surface area (Å²) in [7, 11) is 1.74. The highest BCUT2D eigenvalue weighted by molar-refractivity contribution is 5.78. The van der Waals surface area contributed by atoms with Crippen molar-refractivity contribution in [1.29, 1.82) is 0 Å². The molecular weight excluding hydrogens is 214 g/mol. The number of carbonyl (C=O) groups excluding carboxylic acids is 1. The van der Waals surface area contributed by atoms with Crippen LogP contribution in [0.4, 0.5) is 0 Å². The molecule has 0 aromatic carbocycles. The third-order valence-electron chi connectivity index (χ3n) is 4.30. The molecule has 2 rings (SSSR count). The van der Waals surface area contributed by atoms with Crippen molar-refractivity contribution >= 4 is 5.91 Å². The number of nitrogens with one attached hydrogen (secondary N) is 2. The van der Waals surface area contributed by atoms with Crippen LogP contribution in [0.5, 0.6) is 0 Å². The van der Waals surface area contributed by atoms with Gasteiger partial charge >= 0.3 is 0 Å². The van der Waals surface area contributed by atoms with Crippen molar-refractivity contribution in [2.24, 2.45) is 5.92 Å². The molecule has 17 heavy (non-hydrogen) atoms. The quantitative estimate of drug-likeness (QED) is 0.741. The van der Waals surface area contributed by atoms with E-state index in [2.05, 4.69) is 22.5 Å². The Labute approximate surface area is 104 Å². The lowest BCUT2D eigenvalue weighted by molar-refractivity contribution is -0.126. The van der Waals surface area contributed by atoms with E-state index in [0.717, 1.165) is 32.5 Å². The number of amides is 1. The van der Waals surface area contributed by atoms with Gasteiger partial charge in [-0.1, -0.05) is 0 Å². The van der Waals surface area contributed by atoms with Gasteiger partial charge in [0.1, 0.15) is 0 Å². The first-order valence-electron chi connectivity index (χ1n) is 6.89. The molecule has 2 aliphatic rings. The molecule has 0 radical (unpaired) electrons. The minimum absolute atomic E-state index is 0.222. The summed E-state index contributed by atoms with van der Waals surface area (Å²) in [5.74, 6) is 0.465. The number of carbonyl (C=O) groups is 1. The van der Waals surface area contributed by atoms with E-state index in [4.69, 9.17) is 0 Å². The first-order valence-corrected chi connectivity index (χ1v) is 6.89. The SMILES string of the molecule is CNC(=O)C1CCN(C2CCC(C)NC2)CC1. The van der Waals surface area contributed by atoms with Crippen molar-refractivity contribution in [3.63, 3.8) is 0 Å². The van der Waals surface area contributed by atoms with E-state index in [9.17, 15) is 4.79 Å². The smallest absolute Gasteiger partial charge is 0.222 e. The van der Waals surface area contributed by atoms with E-state index in [1.165, 1.54) is 12.8 Å². The van der Waals surface area contributed by atoms with Gasteiger partial charge in [0, 0.05) is 31.6 Å². The van der Waals surface area contributed by atoms with Crippen LogP contribution in [-0.4, -0.2) is 49.6 Å². The van der Waals surface area contributed by atoms with Crippen molar-refractivity contribution < 1.29 is 4.79 Å². The Balaban J connectivity index is 1.77. The molecule has 0 aromatic heterocycles. The van der Waals surface area contributed by atoms with Gasteiger partial charge in [0.25, 0.3) is 0 Å². The topological polar surface area (TPSA) is 44.4 Å². The molecule has 0 bridgehead atoms. The average Bonchev–Trinajstić information content (AvgIpc) is 2.39. The molecule has 0 saturated carbocycles. The number of rotatable bonds is 2. The van der Waals surface area contributed by atoms with Crippen LogP contribution in [0, 0.1) is 5.92 Å². The predicted octanol–water partition coefficient (Wildman–Crippen LogP) is 0.585. The number of nitrogens with zero attached hydrogens (tertiary/aromatic N) is 1. The molecule has 2 aliphatic heterocycles. The molecule has 1 amide bonds. The standard InChI is InChI=1S/C13H25N3O/c1-10-3-4-12(9-15-10)16-7-5-11(6-8-16)13(17)14-2/h10-12,15H,3-9H2,1-2H3,(H,14,17). The molecule has 2 atom stereocenters. The first-order chi connectivity index (χ1) is 8.20. The molecule has 4 heteroatoms. The zero-order chi connectivity index (χ0) is 12.3. The highest BCUT2D eigenvalue weighted by Crippen LogP contribution is 2.22. The normalized spacial score (nSPS) is 32.4. The van der Waals surface area contributed by atoms with E-state index >= 15 is 0 Å². The third kappa shape index (κ3) is 3.19. The number of hydrogen-bond acceptors (Lipinski definition) is 3. The zero-order valence-electron chi connectivity index (χ0n) is 11.0. The second kappa shape index (κ2) is 5.83. The lowest BCUT2D eigenvalue weighted by Gasteiger charge is -2.40. The lowest BCUT2D eigenvalue weighted by Crippen LogP contribution is -2.52. The summed E-state index contributed by atoms with van der Waals surface area (Å²) in [6, 6.07) is 1.37. The van der Waals surface area contributed by atoms with E-state index < -0.39 is 0 Å². The third-order valence-corrected chi connectivity index (χ3v) is 4.30. The number of hydrogen-bond donors (Lipinski definition) is 2. The van der Waals surface area contributed by atoms with Gasteiger partial charge in [0.2, 0.25) is 5.91 Å². The summed E-state index contributed by atoms with van der Waals surface area (Å²) < 4.78 is 0. The van der Waals surface area contributed by atoms with Crippen LogP contribution in [0.15, 0.2) is 0 Å². The molecule has 2 fully saturated rings. The molecule has 2 unspecified atom stereocenters. The summed E-state index contributed by atoms with van der Waals surface area (Å²) in [6.45, 7) is 5.54. The summed E-state index contributed by atoms with van der Waals surface area (Å²) >= 11 is 0. The number of piperidine rings is 2. The van der Waals surface area contributed by atoms with Gasteiger partial charge in [-0.25, -0.2) is 0 Å². The molecule has 0 aliphatic carbocycles. The molecule has 2 saturated heterocycles. The maximum absolute atomic E-state index is 11.6. The van der Waals surface area contributed by atoms with Crippen LogP contribution in [0.3, 0.4) is 0 Å². The fourth-order valence-electron chi connectivity index (χ4n) is 3.03. The van der Waals surface area contributed by atoms with Crippen molar-refractivity contribution in [3.8, 4) is 0 Å². The van der Waals surface area contributed by atoms with Crippen LogP contribution in [-0.2, 0) is 4.79 Å². The summed E-state index contributed by atoms with van der Waals surface area (Å²) in [5, 5.41) is 6.32. The summed E-state index contributed by atoms with van der Waals surface area (Å²) in [4.78, 5) is 14.1. The fourth-order valence-corrected chi connectivity index (χ4v) is 3.03. The van der Waals surface area contributed by atoms with Crippen molar-refractivity contribution in [1.82, 2.24) is 15.5 Å². The van der Waals surface area contributed by atoms with Gasteiger partial charge in [-0.05, 0) is 45.7 Å². The van der Waals surface area contributed by atoms with Crippen LogP contribution in [0.1, 0.15) is 32.6 Å². The minimum Gasteiger partial charge on any atom is -0.359 e. The minimum atomic E-state index is 0.222. The van der Waals surface area contributed by atoms with Crippen molar-refractivity contribution in [2.45, 2.75) is 44.7 Å². The summed E-state index contributed by atoms with van der Waals surface area (Å²) in [6.07, 6.45) is 4.62. The van der Waals surface area contributed by atoms with E-state index in [-0.39, 0.29) is 11.8 Å². The maximum Gasteiger partial charge on any atom is 0.222 e. The molecule has 98 valence electrons. The number of likely N-dealkylation sites (tertiary alicyclic amines) is 1. The second-order valence-electron chi connectivity index (χ2n) is 5.46. The van der Waals surface area contributed by atoms with Crippen LogP contribution < -0.4 is 10.6 Å². The molecule has 4 nitrogen and oxygen atoms in total.